The maximum atomic E-state index is 9.73. The van der Waals surface area contributed by atoms with Crippen molar-refractivity contribution in [1.82, 2.24) is 14.5 Å². The molecule has 2 unspecified atom stereocenters. The number of aliphatic hydroxyl groups excluding tert-OH is 1. The van der Waals surface area contributed by atoms with E-state index in [1.54, 1.807) is 0 Å². The van der Waals surface area contributed by atoms with E-state index >= 15 is 0 Å². The Morgan fingerprint density at radius 1 is 1.32 bits per heavy atom. The van der Waals surface area contributed by atoms with Gasteiger partial charge in [-0.15, -0.1) is 0 Å². The zero-order chi connectivity index (χ0) is 13.4. The van der Waals surface area contributed by atoms with Crippen LogP contribution in [0, 0.1) is 0 Å². The van der Waals surface area contributed by atoms with E-state index in [0.29, 0.717) is 12.0 Å². The molecule has 0 amide bonds. The number of aryl methyl sites for hydroxylation is 1. The summed E-state index contributed by atoms with van der Waals surface area (Å²) < 4.78 is 2.25. The molecule has 106 valence electrons. The summed E-state index contributed by atoms with van der Waals surface area (Å²) in [7, 11) is 0. The molecule has 3 heterocycles. The van der Waals surface area contributed by atoms with E-state index in [2.05, 4.69) is 29.5 Å². The molecule has 2 aliphatic rings. The zero-order valence-corrected chi connectivity index (χ0v) is 12.0. The fourth-order valence-electron chi connectivity index (χ4n) is 3.35. The summed E-state index contributed by atoms with van der Waals surface area (Å²) in [5, 5.41) is 9.73. The summed E-state index contributed by atoms with van der Waals surface area (Å²) >= 11 is 0. The summed E-state index contributed by atoms with van der Waals surface area (Å²) in [5.74, 6) is 1.65. The van der Waals surface area contributed by atoms with Crippen molar-refractivity contribution in [2.75, 3.05) is 13.1 Å². The molecule has 1 saturated heterocycles. The van der Waals surface area contributed by atoms with Crippen LogP contribution in [0.4, 0.5) is 0 Å². The third-order valence-corrected chi connectivity index (χ3v) is 4.60. The van der Waals surface area contributed by atoms with Gasteiger partial charge in [-0.1, -0.05) is 0 Å². The molecule has 0 saturated carbocycles. The second-order valence-corrected chi connectivity index (χ2v) is 6.35. The summed E-state index contributed by atoms with van der Waals surface area (Å²) in [4.78, 5) is 7.35. The highest BCUT2D eigenvalue weighted by Gasteiger charge is 2.27. The minimum absolute atomic E-state index is 0.193. The molecule has 4 nitrogen and oxygen atoms in total. The van der Waals surface area contributed by atoms with Gasteiger partial charge < -0.3 is 14.6 Å². The lowest BCUT2D eigenvalue weighted by molar-refractivity contribution is 0.141. The van der Waals surface area contributed by atoms with Crippen LogP contribution in [0.5, 0.6) is 0 Å². The zero-order valence-electron chi connectivity index (χ0n) is 12.0. The molecule has 4 heteroatoms. The van der Waals surface area contributed by atoms with E-state index in [0.717, 1.165) is 31.8 Å². The smallest absolute Gasteiger partial charge is 0.111 e. The van der Waals surface area contributed by atoms with Crippen LogP contribution in [-0.2, 0) is 13.0 Å². The second-order valence-electron chi connectivity index (χ2n) is 6.35. The van der Waals surface area contributed by atoms with Gasteiger partial charge in [-0.3, -0.25) is 0 Å². The molecule has 0 radical (unpaired) electrons. The van der Waals surface area contributed by atoms with E-state index in [-0.39, 0.29) is 6.10 Å². The molecular weight excluding hydrogens is 238 g/mol. The fraction of sp³-hybridized carbons (Fsp3) is 0.800. The van der Waals surface area contributed by atoms with Gasteiger partial charge >= 0.3 is 0 Å². The normalized spacial score (nSPS) is 28.6. The predicted molar refractivity (Wildman–Crippen MR) is 75.2 cm³/mol. The molecule has 19 heavy (non-hydrogen) atoms. The van der Waals surface area contributed by atoms with E-state index < -0.39 is 0 Å². The Hall–Kier alpha value is -0.870. The van der Waals surface area contributed by atoms with Crippen molar-refractivity contribution in [3.05, 3.63) is 17.7 Å². The molecule has 0 bridgehead atoms. The topological polar surface area (TPSA) is 41.3 Å². The average Bonchev–Trinajstić information content (AvgIpc) is 2.81. The first-order valence-electron chi connectivity index (χ1n) is 7.61. The maximum Gasteiger partial charge on any atom is 0.111 e. The first kappa shape index (κ1) is 13.1. The minimum atomic E-state index is -0.193. The van der Waals surface area contributed by atoms with Crippen molar-refractivity contribution < 1.29 is 5.11 Å². The molecule has 1 aromatic heterocycles. The van der Waals surface area contributed by atoms with Gasteiger partial charge in [-0.2, -0.15) is 0 Å². The van der Waals surface area contributed by atoms with Crippen LogP contribution >= 0.6 is 0 Å². The van der Waals surface area contributed by atoms with Crippen LogP contribution in [0.2, 0.25) is 0 Å². The van der Waals surface area contributed by atoms with E-state index in [9.17, 15) is 5.11 Å². The Bertz CT molecular complexity index is 441. The van der Waals surface area contributed by atoms with Gasteiger partial charge in [0.15, 0.2) is 0 Å². The summed E-state index contributed by atoms with van der Waals surface area (Å²) in [6.07, 6.45) is 6.15. The van der Waals surface area contributed by atoms with Crippen molar-refractivity contribution in [3.8, 4) is 0 Å². The lowest BCUT2D eigenvalue weighted by atomic mass is 9.94. The predicted octanol–water partition coefficient (Wildman–Crippen LogP) is 1.78. The van der Waals surface area contributed by atoms with E-state index in [1.165, 1.54) is 25.1 Å². The van der Waals surface area contributed by atoms with Crippen molar-refractivity contribution in [1.29, 1.82) is 0 Å². The molecule has 0 aromatic carbocycles. The maximum absolute atomic E-state index is 9.73. The van der Waals surface area contributed by atoms with E-state index in [1.807, 2.05) is 0 Å². The molecule has 1 fully saturated rings. The van der Waals surface area contributed by atoms with E-state index in [4.69, 9.17) is 4.98 Å². The fourth-order valence-corrected chi connectivity index (χ4v) is 3.35. The minimum Gasteiger partial charge on any atom is -0.393 e. The number of likely N-dealkylation sites (tertiary alicyclic amines) is 1. The van der Waals surface area contributed by atoms with Gasteiger partial charge in [0.2, 0.25) is 0 Å². The van der Waals surface area contributed by atoms with Crippen molar-refractivity contribution in [2.45, 2.75) is 64.1 Å². The number of hydrogen-bond acceptors (Lipinski definition) is 3. The van der Waals surface area contributed by atoms with Crippen LogP contribution in [0.3, 0.4) is 0 Å². The Morgan fingerprint density at radius 2 is 2.16 bits per heavy atom. The third-order valence-electron chi connectivity index (χ3n) is 4.60. The average molecular weight is 263 g/mol. The number of imidazole rings is 1. The first-order valence-corrected chi connectivity index (χ1v) is 7.61. The largest absolute Gasteiger partial charge is 0.393 e. The van der Waals surface area contributed by atoms with Gasteiger partial charge in [-0.05, 0) is 39.7 Å². The molecule has 2 aliphatic heterocycles. The van der Waals surface area contributed by atoms with Gasteiger partial charge in [0.1, 0.15) is 5.82 Å². The van der Waals surface area contributed by atoms with Gasteiger partial charge in [-0.25, -0.2) is 4.98 Å². The Labute approximate surface area is 115 Å². The molecule has 0 spiro atoms. The highest BCUT2D eigenvalue weighted by molar-refractivity contribution is 5.13. The van der Waals surface area contributed by atoms with Crippen molar-refractivity contribution >= 4 is 0 Å². The molecule has 1 N–H and O–H groups in total. The summed E-state index contributed by atoms with van der Waals surface area (Å²) in [6.45, 7) is 7.83. The summed E-state index contributed by atoms with van der Waals surface area (Å²) in [5.41, 5.74) is 1.24. The lowest BCUT2D eigenvalue weighted by Gasteiger charge is -2.34. The van der Waals surface area contributed by atoms with Crippen LogP contribution < -0.4 is 0 Å². The second kappa shape index (κ2) is 5.25. The monoisotopic (exact) mass is 263 g/mol. The number of aliphatic hydroxyl groups is 1. The van der Waals surface area contributed by atoms with Gasteiger partial charge in [0.25, 0.3) is 0 Å². The van der Waals surface area contributed by atoms with Crippen molar-refractivity contribution in [3.63, 3.8) is 0 Å². The van der Waals surface area contributed by atoms with Crippen LogP contribution in [0.15, 0.2) is 6.20 Å². The summed E-state index contributed by atoms with van der Waals surface area (Å²) in [6, 6.07) is 0.627. The number of aromatic nitrogens is 2. The number of fused-ring (bicyclic) bond motifs is 1. The molecule has 0 aliphatic carbocycles. The lowest BCUT2D eigenvalue weighted by Crippen LogP contribution is -2.39. The molecule has 3 rings (SSSR count). The van der Waals surface area contributed by atoms with Crippen LogP contribution in [0.25, 0.3) is 0 Å². The Kier molecular flexibility index (Phi) is 3.63. The number of nitrogens with zero attached hydrogens (tertiary/aromatic N) is 3. The Balaban J connectivity index is 1.75. The highest BCUT2D eigenvalue weighted by atomic mass is 16.3. The molecular formula is C15H25N3O. The number of rotatable bonds is 2. The number of hydrogen-bond donors (Lipinski definition) is 1. The molecule has 1 aromatic rings. The van der Waals surface area contributed by atoms with Crippen LogP contribution in [0.1, 0.15) is 50.5 Å². The van der Waals surface area contributed by atoms with Gasteiger partial charge in [0, 0.05) is 37.7 Å². The molecule has 2 atom stereocenters. The quantitative estimate of drug-likeness (QED) is 0.884. The van der Waals surface area contributed by atoms with Crippen molar-refractivity contribution in [2.24, 2.45) is 0 Å². The highest BCUT2D eigenvalue weighted by Crippen LogP contribution is 2.28. The van der Waals surface area contributed by atoms with Gasteiger partial charge in [0.05, 0.1) is 11.8 Å². The Morgan fingerprint density at radius 3 is 2.95 bits per heavy atom. The number of piperidine rings is 1. The van der Waals surface area contributed by atoms with Crippen LogP contribution in [-0.4, -0.2) is 44.8 Å². The third kappa shape index (κ3) is 2.70. The standard InChI is InChI=1S/C15H25N3O/c1-11(2)17-6-3-4-12(9-17)14-10-18-7-5-13(19)8-15(18)16-14/h10-13,19H,3-9H2,1-2H3. The SMILES string of the molecule is CC(C)N1CCCC(c2cn3c(n2)CC(O)CC3)C1. The first-order chi connectivity index (χ1) is 9.13.